The highest BCUT2D eigenvalue weighted by Crippen LogP contribution is 2.35. The lowest BCUT2D eigenvalue weighted by Crippen LogP contribution is -2.18. The first kappa shape index (κ1) is 15.3. The molecule has 0 unspecified atom stereocenters. The largest absolute Gasteiger partial charge is 0.469 e. The van der Waals surface area contributed by atoms with Gasteiger partial charge in [0.2, 0.25) is 0 Å². The summed E-state index contributed by atoms with van der Waals surface area (Å²) in [5.74, 6) is -0.983. The van der Waals surface area contributed by atoms with Gasteiger partial charge in [0.05, 0.1) is 24.8 Å². The van der Waals surface area contributed by atoms with Crippen molar-refractivity contribution in [2.75, 3.05) is 7.11 Å². The maximum Gasteiger partial charge on any atom is 0.418 e. The number of pyridine rings is 1. The zero-order valence-corrected chi connectivity index (χ0v) is 10.0. The van der Waals surface area contributed by atoms with E-state index < -0.39 is 47.5 Å². The molecule has 1 heterocycles. The molecule has 0 fully saturated rings. The van der Waals surface area contributed by atoms with Crippen molar-refractivity contribution in [3.63, 3.8) is 0 Å². The minimum absolute atomic E-state index is 0.406. The third kappa shape index (κ3) is 3.62. The van der Waals surface area contributed by atoms with Gasteiger partial charge in [0.15, 0.2) is 0 Å². The average molecular weight is 283 g/mol. The van der Waals surface area contributed by atoms with E-state index in [1.54, 1.807) is 0 Å². The average Bonchev–Trinajstić information content (AvgIpc) is 2.25. The van der Waals surface area contributed by atoms with Gasteiger partial charge in [-0.2, -0.15) is 13.2 Å². The SMILES string of the molecule is COC(=O)Cc1nc(C(F)F)cc(C)c1C(F)(F)F. The first-order valence-corrected chi connectivity index (χ1v) is 5.09. The van der Waals surface area contributed by atoms with Crippen molar-refractivity contribution >= 4 is 5.97 Å². The van der Waals surface area contributed by atoms with Crippen LogP contribution in [0.4, 0.5) is 22.0 Å². The number of nitrogens with zero attached hydrogens (tertiary/aromatic N) is 1. The Labute approximate surface area is 105 Å². The molecule has 19 heavy (non-hydrogen) atoms. The van der Waals surface area contributed by atoms with E-state index in [9.17, 15) is 26.7 Å². The van der Waals surface area contributed by atoms with Crippen molar-refractivity contribution in [1.82, 2.24) is 4.98 Å². The predicted octanol–water partition coefficient (Wildman–Crippen LogP) is 3.06. The molecule has 1 aromatic rings. The molecule has 0 atom stereocenters. The Morgan fingerprint density at radius 3 is 2.42 bits per heavy atom. The highest BCUT2D eigenvalue weighted by molar-refractivity contribution is 5.72. The summed E-state index contributed by atoms with van der Waals surface area (Å²) in [6.45, 7) is 1.04. The zero-order valence-electron chi connectivity index (χ0n) is 10.0. The molecule has 0 N–H and O–H groups in total. The normalized spacial score (nSPS) is 11.8. The maximum absolute atomic E-state index is 12.8. The van der Waals surface area contributed by atoms with Crippen LogP contribution in [-0.2, 0) is 22.1 Å². The number of esters is 1. The van der Waals surface area contributed by atoms with Crippen LogP contribution >= 0.6 is 0 Å². The number of hydrogen-bond acceptors (Lipinski definition) is 3. The monoisotopic (exact) mass is 283 g/mol. The molecule has 0 aromatic carbocycles. The fourth-order valence-electron chi connectivity index (χ4n) is 1.60. The molecule has 0 spiro atoms. The van der Waals surface area contributed by atoms with E-state index in [1.165, 1.54) is 0 Å². The van der Waals surface area contributed by atoms with Crippen molar-refractivity contribution < 1.29 is 31.5 Å². The minimum atomic E-state index is -4.78. The van der Waals surface area contributed by atoms with E-state index >= 15 is 0 Å². The summed E-state index contributed by atoms with van der Waals surface area (Å²) in [5, 5.41) is 0. The molecule has 106 valence electrons. The fraction of sp³-hybridized carbons (Fsp3) is 0.455. The second-order valence-electron chi connectivity index (χ2n) is 3.74. The highest BCUT2D eigenvalue weighted by Gasteiger charge is 2.37. The van der Waals surface area contributed by atoms with Gasteiger partial charge < -0.3 is 4.74 Å². The molecular weight excluding hydrogens is 273 g/mol. The van der Waals surface area contributed by atoms with Gasteiger partial charge in [-0.15, -0.1) is 0 Å². The maximum atomic E-state index is 12.8. The molecular formula is C11H10F5NO2. The molecule has 0 saturated carbocycles. The van der Waals surface area contributed by atoms with Crippen molar-refractivity contribution in [2.45, 2.75) is 25.9 Å². The summed E-state index contributed by atoms with van der Waals surface area (Å²) in [4.78, 5) is 14.3. The van der Waals surface area contributed by atoms with Crippen molar-refractivity contribution in [3.05, 3.63) is 28.6 Å². The topological polar surface area (TPSA) is 39.2 Å². The number of hydrogen-bond donors (Lipinski definition) is 0. The summed E-state index contributed by atoms with van der Waals surface area (Å²) in [6.07, 6.45) is -8.61. The smallest absolute Gasteiger partial charge is 0.418 e. The number of aryl methyl sites for hydroxylation is 1. The van der Waals surface area contributed by atoms with Crippen LogP contribution in [0.5, 0.6) is 0 Å². The molecule has 0 bridgehead atoms. The second-order valence-corrected chi connectivity index (χ2v) is 3.74. The van der Waals surface area contributed by atoms with Crippen molar-refractivity contribution in [3.8, 4) is 0 Å². The Balaban J connectivity index is 3.40. The van der Waals surface area contributed by atoms with Gasteiger partial charge in [0.25, 0.3) is 6.43 Å². The van der Waals surface area contributed by atoms with Gasteiger partial charge in [-0.25, -0.2) is 8.78 Å². The number of methoxy groups -OCH3 is 1. The summed E-state index contributed by atoms with van der Waals surface area (Å²) in [5.41, 5.74) is -3.14. The predicted molar refractivity (Wildman–Crippen MR) is 54.7 cm³/mol. The quantitative estimate of drug-likeness (QED) is 0.632. The lowest BCUT2D eigenvalue weighted by molar-refractivity contribution is -0.142. The number of rotatable bonds is 3. The number of carbonyl (C=O) groups is 1. The molecule has 1 rings (SSSR count). The van der Waals surface area contributed by atoms with Crippen LogP contribution < -0.4 is 0 Å². The van der Waals surface area contributed by atoms with E-state index in [1.807, 2.05) is 0 Å². The Hall–Kier alpha value is -1.73. The molecule has 0 amide bonds. The summed E-state index contributed by atoms with van der Waals surface area (Å²) in [7, 11) is 0.986. The number of carbonyl (C=O) groups excluding carboxylic acids is 1. The standard InChI is InChI=1S/C11H10F5NO2/c1-5-3-7(10(12)13)17-6(4-8(18)19-2)9(5)11(14,15)16/h3,10H,4H2,1-2H3. The Kier molecular flexibility index (Phi) is 4.43. The summed E-state index contributed by atoms with van der Waals surface area (Å²) in [6, 6.07) is 0.661. The van der Waals surface area contributed by atoms with Crippen LogP contribution in [0.3, 0.4) is 0 Å². The van der Waals surface area contributed by atoms with Crippen LogP contribution in [-0.4, -0.2) is 18.1 Å². The van der Waals surface area contributed by atoms with E-state index in [2.05, 4.69) is 9.72 Å². The highest BCUT2D eigenvalue weighted by atomic mass is 19.4. The third-order valence-corrected chi connectivity index (χ3v) is 2.36. The van der Waals surface area contributed by atoms with Gasteiger partial charge in [-0.1, -0.05) is 0 Å². The molecule has 8 heteroatoms. The van der Waals surface area contributed by atoms with Gasteiger partial charge in [0, 0.05) is 0 Å². The van der Waals surface area contributed by atoms with E-state index in [0.717, 1.165) is 14.0 Å². The minimum Gasteiger partial charge on any atom is -0.469 e. The number of aromatic nitrogens is 1. The lowest BCUT2D eigenvalue weighted by atomic mass is 10.0. The third-order valence-electron chi connectivity index (χ3n) is 2.36. The first-order chi connectivity index (χ1) is 8.66. The van der Waals surface area contributed by atoms with Crippen LogP contribution in [0.15, 0.2) is 6.07 Å². The van der Waals surface area contributed by atoms with Gasteiger partial charge in [0.1, 0.15) is 5.69 Å². The molecule has 1 aromatic heterocycles. The van der Waals surface area contributed by atoms with E-state index in [-0.39, 0.29) is 0 Å². The van der Waals surface area contributed by atoms with Gasteiger partial charge >= 0.3 is 12.1 Å². The Morgan fingerprint density at radius 2 is 2.00 bits per heavy atom. The van der Waals surface area contributed by atoms with Crippen LogP contribution in [0, 0.1) is 6.92 Å². The van der Waals surface area contributed by atoms with Gasteiger partial charge in [-0.3, -0.25) is 9.78 Å². The van der Waals surface area contributed by atoms with Crippen LogP contribution in [0.1, 0.15) is 28.9 Å². The number of halogens is 5. The molecule has 3 nitrogen and oxygen atoms in total. The van der Waals surface area contributed by atoms with Crippen LogP contribution in [0.25, 0.3) is 0 Å². The molecule has 0 aliphatic heterocycles. The second kappa shape index (κ2) is 5.50. The number of ether oxygens (including phenoxy) is 1. The molecule has 0 aliphatic rings. The van der Waals surface area contributed by atoms with Crippen LogP contribution in [0.2, 0.25) is 0 Å². The Morgan fingerprint density at radius 1 is 1.42 bits per heavy atom. The van der Waals surface area contributed by atoms with Crippen molar-refractivity contribution in [1.29, 1.82) is 0 Å². The zero-order chi connectivity index (χ0) is 14.8. The number of alkyl halides is 5. The molecule has 0 radical (unpaired) electrons. The first-order valence-electron chi connectivity index (χ1n) is 5.09. The lowest BCUT2D eigenvalue weighted by Gasteiger charge is -2.15. The fourth-order valence-corrected chi connectivity index (χ4v) is 1.60. The molecule has 0 saturated heterocycles. The summed E-state index contributed by atoms with van der Waals surface area (Å²) < 4.78 is 67.7. The van der Waals surface area contributed by atoms with E-state index in [0.29, 0.717) is 6.07 Å². The van der Waals surface area contributed by atoms with Crippen molar-refractivity contribution in [2.24, 2.45) is 0 Å². The van der Waals surface area contributed by atoms with Gasteiger partial charge in [-0.05, 0) is 18.6 Å². The molecule has 0 aliphatic carbocycles. The Bertz CT molecular complexity index is 485. The van der Waals surface area contributed by atoms with E-state index in [4.69, 9.17) is 0 Å². The summed E-state index contributed by atoms with van der Waals surface area (Å²) >= 11 is 0.